The van der Waals surface area contributed by atoms with Gasteiger partial charge >= 0.3 is 0 Å². The standard InChI is InChI=1S/C14H16Cl2N4O.ClH/c1-20-6-5-17-8-12(20)14-18-13(21-19-14)7-9-10(15)3-2-4-11(9)16;/h2-4,12,17H,5-8H2,1H3;1H. The number of aromatic nitrogens is 2. The Morgan fingerprint density at radius 3 is 2.77 bits per heavy atom. The number of rotatable bonds is 3. The van der Waals surface area contributed by atoms with E-state index < -0.39 is 0 Å². The molecule has 1 fully saturated rings. The van der Waals surface area contributed by atoms with Crippen molar-refractivity contribution in [2.24, 2.45) is 0 Å². The van der Waals surface area contributed by atoms with Crippen molar-refractivity contribution in [1.29, 1.82) is 0 Å². The van der Waals surface area contributed by atoms with Gasteiger partial charge in [0, 0.05) is 29.7 Å². The van der Waals surface area contributed by atoms with Gasteiger partial charge in [-0.15, -0.1) is 12.4 Å². The van der Waals surface area contributed by atoms with Crippen LogP contribution in [0.2, 0.25) is 10.0 Å². The quantitative estimate of drug-likeness (QED) is 0.908. The number of halogens is 3. The molecule has 2 heterocycles. The van der Waals surface area contributed by atoms with Gasteiger partial charge in [0.15, 0.2) is 5.82 Å². The predicted molar refractivity (Wildman–Crippen MR) is 89.1 cm³/mol. The van der Waals surface area contributed by atoms with Crippen LogP contribution in [0.5, 0.6) is 0 Å². The van der Waals surface area contributed by atoms with Gasteiger partial charge in [-0.05, 0) is 24.7 Å². The minimum absolute atomic E-state index is 0. The number of hydrogen-bond donors (Lipinski definition) is 1. The van der Waals surface area contributed by atoms with Crippen molar-refractivity contribution in [3.05, 3.63) is 45.5 Å². The monoisotopic (exact) mass is 362 g/mol. The molecule has 0 radical (unpaired) electrons. The maximum atomic E-state index is 6.17. The molecule has 0 amide bonds. The summed E-state index contributed by atoms with van der Waals surface area (Å²) in [5.74, 6) is 1.22. The highest BCUT2D eigenvalue weighted by molar-refractivity contribution is 6.36. The lowest BCUT2D eigenvalue weighted by molar-refractivity contribution is 0.190. The zero-order valence-electron chi connectivity index (χ0n) is 12.1. The van der Waals surface area contributed by atoms with Crippen LogP contribution >= 0.6 is 35.6 Å². The Hall–Kier alpha value is -0.850. The SMILES string of the molecule is CN1CCNCC1c1noc(Cc2c(Cl)cccc2Cl)n1.Cl. The fourth-order valence-corrected chi connectivity index (χ4v) is 2.95. The summed E-state index contributed by atoms with van der Waals surface area (Å²) >= 11 is 12.3. The molecule has 1 aromatic heterocycles. The second-order valence-electron chi connectivity index (χ2n) is 5.12. The van der Waals surface area contributed by atoms with E-state index in [4.69, 9.17) is 27.7 Å². The number of benzene rings is 1. The van der Waals surface area contributed by atoms with Crippen LogP contribution in [0.3, 0.4) is 0 Å². The molecule has 5 nitrogen and oxygen atoms in total. The van der Waals surface area contributed by atoms with Crippen molar-refractivity contribution in [3.8, 4) is 0 Å². The van der Waals surface area contributed by atoms with Gasteiger partial charge in [0.1, 0.15) is 0 Å². The van der Waals surface area contributed by atoms with Crippen molar-refractivity contribution in [2.75, 3.05) is 26.7 Å². The molecular weight excluding hydrogens is 347 g/mol. The zero-order valence-corrected chi connectivity index (χ0v) is 14.4. The Morgan fingerprint density at radius 1 is 1.36 bits per heavy atom. The molecule has 0 aliphatic carbocycles. The first-order valence-corrected chi connectivity index (χ1v) is 7.57. The van der Waals surface area contributed by atoms with Crippen LogP contribution < -0.4 is 5.32 Å². The van der Waals surface area contributed by atoms with Crippen LogP contribution in [0.1, 0.15) is 23.3 Å². The fourth-order valence-electron chi connectivity index (χ4n) is 2.42. The van der Waals surface area contributed by atoms with Gasteiger partial charge in [0.05, 0.1) is 12.5 Å². The van der Waals surface area contributed by atoms with E-state index in [0.29, 0.717) is 28.2 Å². The van der Waals surface area contributed by atoms with E-state index in [-0.39, 0.29) is 18.4 Å². The van der Waals surface area contributed by atoms with Crippen LogP contribution in [-0.4, -0.2) is 41.7 Å². The van der Waals surface area contributed by atoms with E-state index in [1.54, 1.807) is 12.1 Å². The predicted octanol–water partition coefficient (Wildman–Crippen LogP) is 2.97. The molecule has 3 rings (SSSR count). The average Bonchev–Trinajstić information content (AvgIpc) is 2.92. The van der Waals surface area contributed by atoms with Gasteiger partial charge in [-0.3, -0.25) is 4.90 Å². The first-order chi connectivity index (χ1) is 10.1. The summed E-state index contributed by atoms with van der Waals surface area (Å²) in [7, 11) is 2.06. The third-order valence-electron chi connectivity index (χ3n) is 3.68. The summed E-state index contributed by atoms with van der Waals surface area (Å²) in [4.78, 5) is 6.70. The Balaban J connectivity index is 0.00000176. The molecule has 120 valence electrons. The van der Waals surface area contributed by atoms with Crippen LogP contribution in [-0.2, 0) is 6.42 Å². The minimum atomic E-state index is 0. The molecule has 1 unspecified atom stereocenters. The van der Waals surface area contributed by atoms with Gasteiger partial charge < -0.3 is 9.84 Å². The van der Waals surface area contributed by atoms with Crippen molar-refractivity contribution in [1.82, 2.24) is 20.4 Å². The first-order valence-electron chi connectivity index (χ1n) is 6.81. The van der Waals surface area contributed by atoms with E-state index in [9.17, 15) is 0 Å². The van der Waals surface area contributed by atoms with Gasteiger partial charge in [0.2, 0.25) is 5.89 Å². The second kappa shape index (κ2) is 7.62. The summed E-state index contributed by atoms with van der Waals surface area (Å²) in [6, 6.07) is 5.56. The van der Waals surface area contributed by atoms with Crippen molar-refractivity contribution in [3.63, 3.8) is 0 Å². The topological polar surface area (TPSA) is 54.2 Å². The lowest BCUT2D eigenvalue weighted by atomic mass is 10.1. The second-order valence-corrected chi connectivity index (χ2v) is 5.94. The normalized spacial score (nSPS) is 19.0. The molecule has 1 aromatic carbocycles. The summed E-state index contributed by atoms with van der Waals surface area (Å²) < 4.78 is 5.35. The van der Waals surface area contributed by atoms with Gasteiger partial charge in [0.25, 0.3) is 0 Å². The zero-order chi connectivity index (χ0) is 14.8. The maximum absolute atomic E-state index is 6.17. The van der Waals surface area contributed by atoms with E-state index >= 15 is 0 Å². The van der Waals surface area contributed by atoms with Crippen molar-refractivity contribution in [2.45, 2.75) is 12.5 Å². The van der Waals surface area contributed by atoms with Crippen LogP contribution in [0.25, 0.3) is 0 Å². The molecule has 1 aliphatic heterocycles. The van der Waals surface area contributed by atoms with Crippen molar-refractivity contribution >= 4 is 35.6 Å². The van der Waals surface area contributed by atoms with Gasteiger partial charge in [-0.2, -0.15) is 4.98 Å². The van der Waals surface area contributed by atoms with Crippen LogP contribution in [0, 0.1) is 0 Å². The molecule has 1 saturated heterocycles. The molecule has 0 bridgehead atoms. The Labute approximate surface area is 145 Å². The van der Waals surface area contributed by atoms with Crippen molar-refractivity contribution < 1.29 is 4.52 Å². The number of likely N-dealkylation sites (N-methyl/N-ethyl adjacent to an activating group) is 1. The lowest BCUT2D eigenvalue weighted by Gasteiger charge is -2.30. The maximum Gasteiger partial charge on any atom is 0.231 e. The number of nitrogens with zero attached hydrogens (tertiary/aromatic N) is 3. The van der Waals surface area contributed by atoms with E-state index in [1.165, 1.54) is 0 Å². The number of hydrogen-bond acceptors (Lipinski definition) is 5. The highest BCUT2D eigenvalue weighted by Gasteiger charge is 2.25. The van der Waals surface area contributed by atoms with E-state index in [2.05, 4.69) is 27.4 Å². The highest BCUT2D eigenvalue weighted by atomic mass is 35.5. The molecular formula is C14H17Cl3N4O. The Kier molecular flexibility index (Phi) is 6.06. The van der Waals surface area contributed by atoms with Gasteiger partial charge in [-0.25, -0.2) is 0 Å². The molecule has 0 spiro atoms. The average molecular weight is 364 g/mol. The smallest absolute Gasteiger partial charge is 0.231 e. The van der Waals surface area contributed by atoms with Gasteiger partial charge in [-0.1, -0.05) is 34.4 Å². The Bertz CT molecular complexity index is 614. The largest absolute Gasteiger partial charge is 0.339 e. The number of piperazine rings is 1. The minimum Gasteiger partial charge on any atom is -0.339 e. The summed E-state index contributed by atoms with van der Waals surface area (Å²) in [6.07, 6.45) is 0.440. The molecule has 2 aromatic rings. The van der Waals surface area contributed by atoms with Crippen LogP contribution in [0.4, 0.5) is 0 Å². The molecule has 1 N–H and O–H groups in total. The number of nitrogens with one attached hydrogen (secondary N) is 1. The molecule has 22 heavy (non-hydrogen) atoms. The highest BCUT2D eigenvalue weighted by Crippen LogP contribution is 2.27. The fraction of sp³-hybridized carbons (Fsp3) is 0.429. The summed E-state index contributed by atoms with van der Waals surface area (Å²) in [6.45, 7) is 2.76. The summed E-state index contributed by atoms with van der Waals surface area (Å²) in [5.41, 5.74) is 0.811. The van der Waals surface area contributed by atoms with E-state index in [1.807, 2.05) is 6.07 Å². The third kappa shape index (κ3) is 3.73. The third-order valence-corrected chi connectivity index (χ3v) is 4.39. The molecule has 1 aliphatic rings. The first kappa shape index (κ1) is 17.5. The molecule has 1 atom stereocenters. The molecule has 0 saturated carbocycles. The molecule has 8 heteroatoms. The summed E-state index contributed by atoms with van der Waals surface area (Å²) in [5, 5.41) is 8.65. The lowest BCUT2D eigenvalue weighted by Crippen LogP contribution is -2.44. The van der Waals surface area contributed by atoms with E-state index in [0.717, 1.165) is 25.2 Å². The van der Waals surface area contributed by atoms with Crippen LogP contribution in [0.15, 0.2) is 22.7 Å². The Morgan fingerprint density at radius 2 is 2.09 bits per heavy atom.